The van der Waals surface area contributed by atoms with Crippen LogP contribution >= 0.6 is 0 Å². The lowest BCUT2D eigenvalue weighted by Crippen LogP contribution is -2.33. The molecule has 0 radical (unpaired) electrons. The van der Waals surface area contributed by atoms with E-state index >= 15 is 0 Å². The van der Waals surface area contributed by atoms with Crippen LogP contribution in [0.1, 0.15) is 31.0 Å². The number of aliphatic hydroxyl groups excluding tert-OH is 1. The van der Waals surface area contributed by atoms with Crippen molar-refractivity contribution in [3.63, 3.8) is 0 Å². The average Bonchev–Trinajstić information content (AvgIpc) is 3.08. The van der Waals surface area contributed by atoms with Gasteiger partial charge in [-0.2, -0.15) is 0 Å². The number of amides is 1. The summed E-state index contributed by atoms with van der Waals surface area (Å²) < 4.78 is 11.4. The minimum Gasteiger partial charge on any atom is -0.507 e. The number of hydrogen-bond acceptors (Lipinski definition) is 7. The molecule has 4 rings (SSSR count). The SMILES string of the molecule is CC(C)OCCN1C(=O)C(=O)/C(=C(\O)c2ccc3c(c2)N(C)CCO3)C1c1ccc(N(C)C)cc1. The number of fused-ring (bicyclic) bond motifs is 1. The van der Waals surface area contributed by atoms with Gasteiger partial charge < -0.3 is 29.3 Å². The summed E-state index contributed by atoms with van der Waals surface area (Å²) in [5.74, 6) is -0.813. The molecule has 35 heavy (non-hydrogen) atoms. The summed E-state index contributed by atoms with van der Waals surface area (Å²) in [6.07, 6.45) is -0.000601. The lowest BCUT2D eigenvalue weighted by molar-refractivity contribution is -0.140. The Kier molecular flexibility index (Phi) is 7.03. The van der Waals surface area contributed by atoms with Crippen LogP contribution in [0, 0.1) is 0 Å². The molecule has 2 aliphatic rings. The Morgan fingerprint density at radius 3 is 2.54 bits per heavy atom. The molecule has 2 heterocycles. The predicted octanol–water partition coefficient (Wildman–Crippen LogP) is 3.43. The molecule has 2 aromatic carbocycles. The molecule has 0 spiro atoms. The second-order valence-corrected chi connectivity index (χ2v) is 9.35. The topological polar surface area (TPSA) is 82.5 Å². The summed E-state index contributed by atoms with van der Waals surface area (Å²) in [4.78, 5) is 31.9. The van der Waals surface area contributed by atoms with Gasteiger partial charge in [-0.1, -0.05) is 12.1 Å². The maximum atomic E-state index is 13.2. The van der Waals surface area contributed by atoms with E-state index in [2.05, 4.69) is 0 Å². The normalized spacial score (nSPS) is 19.2. The number of likely N-dealkylation sites (tertiary alicyclic amines) is 1. The van der Waals surface area contributed by atoms with E-state index in [9.17, 15) is 14.7 Å². The first kappa shape index (κ1) is 24.6. The molecule has 0 aromatic heterocycles. The fourth-order valence-corrected chi connectivity index (χ4v) is 4.45. The third-order valence-electron chi connectivity index (χ3n) is 6.38. The highest BCUT2D eigenvalue weighted by molar-refractivity contribution is 6.46. The van der Waals surface area contributed by atoms with E-state index in [0.717, 1.165) is 29.2 Å². The second-order valence-electron chi connectivity index (χ2n) is 9.35. The number of aliphatic hydroxyl groups is 1. The smallest absolute Gasteiger partial charge is 0.295 e. The number of rotatable bonds is 7. The second kappa shape index (κ2) is 10.00. The summed E-state index contributed by atoms with van der Waals surface area (Å²) in [6.45, 7) is 5.67. The van der Waals surface area contributed by atoms with Crippen LogP contribution in [-0.2, 0) is 14.3 Å². The molecule has 1 saturated heterocycles. The fourth-order valence-electron chi connectivity index (χ4n) is 4.45. The number of ketones is 1. The molecule has 1 unspecified atom stereocenters. The number of nitrogens with zero attached hydrogens (tertiary/aromatic N) is 3. The van der Waals surface area contributed by atoms with Crippen molar-refractivity contribution in [2.45, 2.75) is 26.0 Å². The van der Waals surface area contributed by atoms with Crippen molar-refractivity contribution < 1.29 is 24.2 Å². The Morgan fingerprint density at radius 2 is 1.89 bits per heavy atom. The summed E-state index contributed by atoms with van der Waals surface area (Å²) >= 11 is 0. The maximum absolute atomic E-state index is 13.2. The van der Waals surface area contributed by atoms with Gasteiger partial charge in [0.1, 0.15) is 18.1 Å². The van der Waals surface area contributed by atoms with Gasteiger partial charge in [0.2, 0.25) is 0 Å². The van der Waals surface area contributed by atoms with E-state index in [1.807, 2.05) is 69.1 Å². The number of hydrogen-bond donors (Lipinski definition) is 1. The van der Waals surface area contributed by atoms with Crippen LogP contribution in [0.3, 0.4) is 0 Å². The number of carbonyl (C=O) groups excluding carboxylic acids is 2. The van der Waals surface area contributed by atoms with Crippen LogP contribution in [0.4, 0.5) is 11.4 Å². The zero-order chi connectivity index (χ0) is 25.3. The molecule has 1 amide bonds. The van der Waals surface area contributed by atoms with E-state index in [0.29, 0.717) is 12.2 Å². The zero-order valence-corrected chi connectivity index (χ0v) is 20.9. The molecule has 0 saturated carbocycles. The van der Waals surface area contributed by atoms with Crippen LogP contribution in [0.25, 0.3) is 5.76 Å². The average molecular weight is 480 g/mol. The monoisotopic (exact) mass is 479 g/mol. The lowest BCUT2D eigenvalue weighted by atomic mass is 9.94. The van der Waals surface area contributed by atoms with Crippen molar-refractivity contribution in [3.05, 3.63) is 59.2 Å². The molecular formula is C27H33N3O5. The summed E-state index contributed by atoms with van der Waals surface area (Å²) in [7, 11) is 5.84. The molecule has 1 fully saturated rings. The molecule has 2 aliphatic heterocycles. The number of anilines is 2. The quantitative estimate of drug-likeness (QED) is 0.370. The minimum absolute atomic E-state index is 0.000601. The lowest BCUT2D eigenvalue weighted by Gasteiger charge is -2.28. The van der Waals surface area contributed by atoms with Gasteiger partial charge in [0.05, 0.1) is 36.6 Å². The highest BCUT2D eigenvalue weighted by atomic mass is 16.5. The predicted molar refractivity (Wildman–Crippen MR) is 136 cm³/mol. The third kappa shape index (κ3) is 4.84. The van der Waals surface area contributed by atoms with Gasteiger partial charge >= 0.3 is 0 Å². The Bertz CT molecular complexity index is 1140. The van der Waals surface area contributed by atoms with E-state index in [1.165, 1.54) is 4.90 Å². The van der Waals surface area contributed by atoms with Gasteiger partial charge in [0.15, 0.2) is 0 Å². The first-order valence-corrected chi connectivity index (χ1v) is 11.8. The van der Waals surface area contributed by atoms with Gasteiger partial charge in [-0.15, -0.1) is 0 Å². The van der Waals surface area contributed by atoms with Crippen molar-refractivity contribution in [3.8, 4) is 5.75 Å². The third-order valence-corrected chi connectivity index (χ3v) is 6.38. The van der Waals surface area contributed by atoms with Gasteiger partial charge in [-0.05, 0) is 49.7 Å². The first-order valence-electron chi connectivity index (χ1n) is 11.8. The molecule has 186 valence electrons. The van der Waals surface area contributed by atoms with Gasteiger partial charge in [0, 0.05) is 38.9 Å². The van der Waals surface area contributed by atoms with Crippen LogP contribution in [0.2, 0.25) is 0 Å². The Morgan fingerprint density at radius 1 is 1.17 bits per heavy atom. The molecule has 1 N–H and O–H groups in total. The summed E-state index contributed by atoms with van der Waals surface area (Å²) in [5, 5.41) is 11.4. The van der Waals surface area contributed by atoms with Crippen molar-refractivity contribution >= 4 is 28.8 Å². The molecule has 0 aliphatic carbocycles. The van der Waals surface area contributed by atoms with Crippen LogP contribution < -0.4 is 14.5 Å². The number of Topliss-reactive ketones (excluding diaryl/α,β-unsaturated/α-hetero) is 1. The van der Waals surface area contributed by atoms with Crippen LogP contribution in [0.5, 0.6) is 5.75 Å². The maximum Gasteiger partial charge on any atom is 0.295 e. The zero-order valence-electron chi connectivity index (χ0n) is 20.9. The highest BCUT2D eigenvalue weighted by Crippen LogP contribution is 2.41. The summed E-state index contributed by atoms with van der Waals surface area (Å²) in [5.41, 5.74) is 3.11. The molecule has 1 atom stereocenters. The van der Waals surface area contributed by atoms with E-state index in [-0.39, 0.29) is 30.6 Å². The van der Waals surface area contributed by atoms with Crippen LogP contribution in [0.15, 0.2) is 48.0 Å². The number of ether oxygens (including phenoxy) is 2. The molecule has 0 bridgehead atoms. The van der Waals surface area contributed by atoms with Crippen LogP contribution in [-0.4, -0.2) is 75.2 Å². The van der Waals surface area contributed by atoms with Crippen molar-refractivity contribution in [1.82, 2.24) is 4.90 Å². The van der Waals surface area contributed by atoms with Crippen molar-refractivity contribution in [2.75, 3.05) is 57.2 Å². The molecule has 2 aromatic rings. The van der Waals surface area contributed by atoms with Gasteiger partial charge in [0.25, 0.3) is 11.7 Å². The molecule has 8 nitrogen and oxygen atoms in total. The molecular weight excluding hydrogens is 446 g/mol. The van der Waals surface area contributed by atoms with Crippen molar-refractivity contribution in [1.29, 1.82) is 0 Å². The Balaban J connectivity index is 1.79. The van der Waals surface area contributed by atoms with E-state index < -0.39 is 17.7 Å². The Labute approximate surface area is 206 Å². The minimum atomic E-state index is -0.716. The number of likely N-dealkylation sites (N-methyl/N-ethyl adjacent to an activating group) is 1. The largest absolute Gasteiger partial charge is 0.507 e. The van der Waals surface area contributed by atoms with E-state index in [4.69, 9.17) is 9.47 Å². The first-order chi connectivity index (χ1) is 16.7. The summed E-state index contributed by atoms with van der Waals surface area (Å²) in [6, 6.07) is 12.2. The Hall–Kier alpha value is -3.52. The van der Waals surface area contributed by atoms with E-state index in [1.54, 1.807) is 18.2 Å². The molecule has 8 heteroatoms. The fraction of sp³-hybridized carbons (Fsp3) is 0.407. The highest BCUT2D eigenvalue weighted by Gasteiger charge is 2.46. The number of carbonyl (C=O) groups is 2. The van der Waals surface area contributed by atoms with Crippen molar-refractivity contribution in [2.24, 2.45) is 0 Å². The van der Waals surface area contributed by atoms with Gasteiger partial charge in [-0.3, -0.25) is 9.59 Å². The standard InChI is InChI=1S/C27H33N3O5/c1-17(2)34-15-13-30-24(18-6-9-20(10-7-18)28(3)4)23(26(32)27(30)33)25(31)19-8-11-22-21(16-19)29(5)12-14-35-22/h6-11,16-17,24,31H,12-15H2,1-5H3/b25-23-. The van der Waals surface area contributed by atoms with Gasteiger partial charge in [-0.25, -0.2) is 0 Å². The number of benzene rings is 2.